The average Bonchev–Trinajstić information content (AvgIpc) is 3.99. The van der Waals surface area contributed by atoms with Crippen LogP contribution in [0.15, 0.2) is 131 Å². The zero-order chi connectivity index (χ0) is 54.6. The molecule has 20 heteroatoms. The van der Waals surface area contributed by atoms with Gasteiger partial charge in [0.25, 0.3) is 0 Å². The van der Waals surface area contributed by atoms with Crippen molar-refractivity contribution in [2.75, 3.05) is 92.1 Å². The summed E-state index contributed by atoms with van der Waals surface area (Å²) in [5, 5.41) is 11.5. The number of hydrogen-bond donors (Lipinski definition) is 3. The highest BCUT2D eigenvalue weighted by Crippen LogP contribution is 2.56. The first-order valence-electron chi connectivity index (χ1n) is 26.2. The number of piperazine rings is 1. The molecule has 5 aromatic carbocycles. The van der Waals surface area contributed by atoms with Gasteiger partial charge in [-0.05, 0) is 167 Å². The Labute approximate surface area is 461 Å². The lowest BCUT2D eigenvalue weighted by Crippen LogP contribution is -2.46. The molecule has 3 aliphatic rings. The van der Waals surface area contributed by atoms with Gasteiger partial charge in [0, 0.05) is 82.5 Å². The van der Waals surface area contributed by atoms with Gasteiger partial charge in [-0.3, -0.25) is 13.8 Å². The van der Waals surface area contributed by atoms with Crippen molar-refractivity contribution < 1.29 is 46.3 Å². The number of rotatable bonds is 20. The van der Waals surface area contributed by atoms with Crippen molar-refractivity contribution in [1.82, 2.24) is 9.47 Å². The fourth-order valence-corrected chi connectivity index (χ4v) is 16.0. The Morgan fingerprint density at radius 2 is 1.49 bits per heavy atom. The molecule has 4 heterocycles. The third-order valence-corrected chi connectivity index (χ3v) is 20.7. The number of aromatic carboxylic acids is 1. The number of carbonyl (C=O) groups is 1. The molecule has 9 rings (SSSR count). The normalized spacial score (nSPS) is 18.4. The molecule has 3 N–H and O–H groups in total. The van der Waals surface area contributed by atoms with Crippen LogP contribution in [0, 0.1) is 18.8 Å². The maximum atomic E-state index is 15.1. The second-order valence-electron chi connectivity index (χ2n) is 20.6. The number of likely N-dealkylation sites (tertiary alicyclic amines) is 1. The van der Waals surface area contributed by atoms with Crippen molar-refractivity contribution in [2.24, 2.45) is 11.8 Å². The Balaban J connectivity index is 0.879. The molecule has 2 atom stereocenters. The second-order valence-corrected chi connectivity index (χ2v) is 27.6. The first kappa shape index (κ1) is 56.8. The van der Waals surface area contributed by atoms with E-state index in [2.05, 4.69) is 57.4 Å². The Morgan fingerprint density at radius 1 is 0.831 bits per heavy atom. The molecule has 77 heavy (non-hydrogen) atoms. The Bertz CT molecular complexity index is 3250. The molecule has 3 aliphatic heterocycles. The highest BCUT2D eigenvalue weighted by atomic mass is 35.5. The fraction of sp³-hybridized carbons (Fsp3) is 0.386. The molecule has 6 aromatic rings. The van der Waals surface area contributed by atoms with Crippen LogP contribution in [0.25, 0.3) is 22.4 Å². The minimum Gasteiger partial charge on any atom is -0.478 e. The molecule has 0 aliphatic carbocycles. The summed E-state index contributed by atoms with van der Waals surface area (Å²) in [5.41, 5.74) is 7.63. The lowest BCUT2D eigenvalue weighted by atomic mass is 9.95. The van der Waals surface area contributed by atoms with Crippen molar-refractivity contribution in [3.63, 3.8) is 0 Å². The van der Waals surface area contributed by atoms with Gasteiger partial charge in [-0.15, -0.1) is 11.8 Å². The van der Waals surface area contributed by atoms with Crippen molar-refractivity contribution in [1.29, 1.82) is 0 Å². The number of carboxylic acid groups (broad SMARTS) is 1. The Morgan fingerprint density at radius 3 is 2.13 bits per heavy atom. The number of nitrogens with zero attached hydrogens (tertiary/aromatic N) is 5. The van der Waals surface area contributed by atoms with Crippen LogP contribution in [-0.2, 0) is 34.4 Å². The van der Waals surface area contributed by atoms with Crippen LogP contribution < -0.4 is 19.8 Å². The maximum Gasteiger partial charge on any atom is 0.469 e. The third kappa shape index (κ3) is 13.4. The molecule has 1 aromatic heterocycles. The lowest BCUT2D eigenvalue weighted by Gasteiger charge is -2.37. The van der Waals surface area contributed by atoms with E-state index < -0.39 is 31.1 Å². The highest BCUT2D eigenvalue weighted by Gasteiger charge is 2.41. The van der Waals surface area contributed by atoms with Crippen molar-refractivity contribution >= 4 is 76.9 Å². The Hall–Kier alpha value is -4.90. The van der Waals surface area contributed by atoms with Gasteiger partial charge in [-0.2, -0.15) is 0 Å². The third-order valence-electron chi connectivity index (χ3n) is 15.0. The molecule has 0 spiro atoms. The van der Waals surface area contributed by atoms with Crippen molar-refractivity contribution in [2.45, 2.75) is 62.3 Å². The molecule has 3 saturated heterocycles. The summed E-state index contributed by atoms with van der Waals surface area (Å²) in [4.78, 5) is 39.6. The summed E-state index contributed by atoms with van der Waals surface area (Å²) in [6.45, 7) is 11.9. The van der Waals surface area contributed by atoms with E-state index in [0.717, 1.165) is 104 Å². The first-order chi connectivity index (χ1) is 36.8. The summed E-state index contributed by atoms with van der Waals surface area (Å²) in [5.74, 6) is -0.0356. The van der Waals surface area contributed by atoms with Gasteiger partial charge in [0.1, 0.15) is 0 Å². The summed E-state index contributed by atoms with van der Waals surface area (Å²) in [7, 11) is -12.0. The van der Waals surface area contributed by atoms with E-state index >= 15 is 4.57 Å². The van der Waals surface area contributed by atoms with Gasteiger partial charge < -0.3 is 38.7 Å². The average molecular weight is 1140 g/mol. The highest BCUT2D eigenvalue weighted by molar-refractivity contribution is 7.99. The SMILES string of the molecule is Cc1c(C(=O)O)c(-c2cccc(N3CCN(c4ccc(N5CCO[P@]5(=O)c5ccc(C[C@H](CCN6CCC(COP(=O)(O)O)CC6)CSc6ccccc6)c(S(C)(=O)=O)c5)cc4)CC3)c2)c(-c2ccc(Cl)cc2)n1C(C)C. The molecular formula is C57H68ClN5O10P2S2. The summed E-state index contributed by atoms with van der Waals surface area (Å²) < 4.78 is 68.4. The summed E-state index contributed by atoms with van der Waals surface area (Å²) in [6, 6.07) is 38.9. The number of aromatic nitrogens is 1. The Kier molecular flexibility index (Phi) is 17.9. The van der Waals surface area contributed by atoms with Crippen molar-refractivity contribution in [3.8, 4) is 22.4 Å². The number of sulfone groups is 1. The van der Waals surface area contributed by atoms with Gasteiger partial charge in [0.2, 0.25) is 0 Å². The zero-order valence-corrected chi connectivity index (χ0v) is 48.1. The van der Waals surface area contributed by atoms with Crippen LogP contribution in [0.3, 0.4) is 0 Å². The summed E-state index contributed by atoms with van der Waals surface area (Å²) in [6.07, 6.45) is 4.04. The van der Waals surface area contributed by atoms with Crippen LogP contribution in [0.2, 0.25) is 5.02 Å². The van der Waals surface area contributed by atoms with Gasteiger partial charge in [0.15, 0.2) is 9.84 Å². The molecular weight excluding hydrogens is 1080 g/mol. The van der Waals surface area contributed by atoms with Crippen LogP contribution in [0.1, 0.15) is 60.8 Å². The van der Waals surface area contributed by atoms with Crippen LogP contribution in [0.5, 0.6) is 0 Å². The number of halogens is 1. The van der Waals surface area contributed by atoms with Crippen LogP contribution in [0.4, 0.5) is 17.1 Å². The largest absolute Gasteiger partial charge is 0.478 e. The number of anilines is 3. The molecule has 0 bridgehead atoms. The number of piperidine rings is 1. The number of carboxylic acids is 1. The van der Waals surface area contributed by atoms with Gasteiger partial charge in [-0.1, -0.05) is 60.1 Å². The molecule has 0 amide bonds. The molecule has 410 valence electrons. The first-order valence-corrected chi connectivity index (χ1v) is 32.5. The monoisotopic (exact) mass is 1140 g/mol. The van der Waals surface area contributed by atoms with E-state index in [1.54, 1.807) is 28.6 Å². The quantitative estimate of drug-likeness (QED) is 0.0485. The van der Waals surface area contributed by atoms with Gasteiger partial charge >= 0.3 is 21.3 Å². The zero-order valence-electron chi connectivity index (χ0n) is 43.9. The van der Waals surface area contributed by atoms with E-state index in [1.165, 1.54) is 6.26 Å². The smallest absolute Gasteiger partial charge is 0.469 e. The molecule has 0 saturated carbocycles. The predicted molar refractivity (Wildman–Crippen MR) is 309 cm³/mol. The van der Waals surface area contributed by atoms with Crippen molar-refractivity contribution in [3.05, 3.63) is 143 Å². The number of phosphoric acid groups is 1. The van der Waals surface area contributed by atoms with E-state index in [0.29, 0.717) is 45.8 Å². The summed E-state index contributed by atoms with van der Waals surface area (Å²) >= 11 is 8.03. The van der Waals surface area contributed by atoms with Gasteiger partial charge in [-0.25, -0.2) is 17.8 Å². The van der Waals surface area contributed by atoms with E-state index in [9.17, 15) is 22.9 Å². The molecule has 3 fully saturated rings. The minimum absolute atomic E-state index is 0.00884. The van der Waals surface area contributed by atoms with Gasteiger partial charge in [0.05, 0.1) is 41.2 Å². The number of benzene rings is 5. The number of phosphoric ester groups is 1. The van der Waals surface area contributed by atoms with E-state index in [-0.39, 0.29) is 41.6 Å². The standard InChI is InChI=1S/C57H68ClN5O10P2S2/c1-40(2)63-41(3)54(57(64)65)55(56(63)44-13-16-47(58)17-14-44)46-9-8-10-50(36-46)61-31-29-60(30-32-61)48-18-20-49(21-19-48)62-33-34-72-74(62,66)51-22-15-45(53(37-51)77(4,70)71)35-43(39-76-52-11-6-5-7-12-52)25-28-59-26-23-42(24-27-59)38-73-75(67,68)69/h5-22,36-37,40,42-43H,23-35,38-39H2,1-4H3,(H,64,65)(H2,67,68,69)/t43-,74+/m0/s1. The molecule has 0 radical (unpaired) electrons. The topological polar surface area (TPSA) is 182 Å². The van der Waals surface area contributed by atoms with E-state index in [4.69, 9.17) is 30.4 Å². The fourth-order valence-electron chi connectivity index (χ4n) is 11.1. The number of hydrogen-bond acceptors (Lipinski definition) is 11. The van der Waals surface area contributed by atoms with Crippen LogP contribution >= 0.6 is 38.7 Å². The number of thioether (sulfide) groups is 1. The minimum atomic E-state index is -4.52. The van der Waals surface area contributed by atoms with Crippen LogP contribution in [-0.4, -0.2) is 116 Å². The predicted octanol–water partition coefficient (Wildman–Crippen LogP) is 11.3. The lowest BCUT2D eigenvalue weighted by molar-refractivity contribution is 0.0696. The molecule has 15 nitrogen and oxygen atoms in total. The molecule has 0 unspecified atom stereocenters. The second kappa shape index (κ2) is 24.2. The van der Waals surface area contributed by atoms with E-state index in [1.807, 2.05) is 91.9 Å². The maximum absolute atomic E-state index is 15.1.